The zero-order valence-corrected chi connectivity index (χ0v) is 18.5. The maximum atomic E-state index is 11.0. The van der Waals surface area contributed by atoms with E-state index in [0.717, 1.165) is 41.8 Å². The number of benzene rings is 3. The Bertz CT molecular complexity index is 1180. The van der Waals surface area contributed by atoms with Crippen molar-refractivity contribution >= 4 is 16.9 Å². The molecule has 3 aromatic carbocycles. The van der Waals surface area contributed by atoms with Crippen molar-refractivity contribution in [1.82, 2.24) is 4.57 Å². The van der Waals surface area contributed by atoms with Crippen LogP contribution in [-0.2, 0) is 24.1 Å². The van der Waals surface area contributed by atoms with Gasteiger partial charge in [-0.15, -0.1) is 0 Å². The van der Waals surface area contributed by atoms with Crippen LogP contribution >= 0.6 is 0 Å². The third kappa shape index (κ3) is 5.20. The molecule has 0 atom stereocenters. The molecule has 1 aromatic heterocycles. The summed E-state index contributed by atoms with van der Waals surface area (Å²) in [6.07, 6.45) is 5.77. The van der Waals surface area contributed by atoms with Gasteiger partial charge >= 0.3 is 5.97 Å². The number of carbonyl (C=O) groups is 1. The van der Waals surface area contributed by atoms with Crippen LogP contribution in [-0.4, -0.2) is 22.2 Å². The molecule has 164 valence electrons. The first kappa shape index (κ1) is 21.7. The van der Waals surface area contributed by atoms with Gasteiger partial charge in [0.1, 0.15) is 5.75 Å². The molecule has 0 bridgehead atoms. The topological polar surface area (TPSA) is 51.5 Å². The van der Waals surface area contributed by atoms with Crippen molar-refractivity contribution in [2.24, 2.45) is 0 Å². The van der Waals surface area contributed by atoms with E-state index in [1.165, 1.54) is 16.5 Å². The Kier molecular flexibility index (Phi) is 6.90. The predicted octanol–water partition coefficient (Wildman–Crippen LogP) is 6.22. The first-order chi connectivity index (χ1) is 15.6. The molecule has 0 amide bonds. The number of aliphatic carboxylic acids is 1. The second-order valence-corrected chi connectivity index (χ2v) is 8.10. The van der Waals surface area contributed by atoms with Crippen LogP contribution < -0.4 is 4.74 Å². The fraction of sp³-hybridized carbons (Fsp3) is 0.250. The molecule has 0 aliphatic rings. The molecule has 0 radical (unpaired) electrons. The van der Waals surface area contributed by atoms with Crippen LogP contribution in [0.5, 0.6) is 5.75 Å². The largest absolute Gasteiger partial charge is 0.494 e. The minimum absolute atomic E-state index is 0.144. The molecule has 0 unspecified atom stereocenters. The van der Waals surface area contributed by atoms with Gasteiger partial charge in [0, 0.05) is 23.7 Å². The smallest absolute Gasteiger partial charge is 0.303 e. The minimum Gasteiger partial charge on any atom is -0.494 e. The zero-order chi connectivity index (χ0) is 22.3. The Balaban J connectivity index is 1.67. The normalized spacial score (nSPS) is 11.0. The lowest BCUT2D eigenvalue weighted by Crippen LogP contribution is -1.98. The van der Waals surface area contributed by atoms with Crippen LogP contribution in [0.4, 0.5) is 0 Å². The second-order valence-electron chi connectivity index (χ2n) is 8.10. The Labute approximate surface area is 189 Å². The van der Waals surface area contributed by atoms with Gasteiger partial charge < -0.3 is 14.4 Å². The molecule has 0 aliphatic carbocycles. The lowest BCUT2D eigenvalue weighted by Gasteiger charge is -2.08. The summed E-state index contributed by atoms with van der Waals surface area (Å²) in [5.41, 5.74) is 5.86. The first-order valence-electron chi connectivity index (χ1n) is 11.3. The highest BCUT2D eigenvalue weighted by molar-refractivity contribution is 5.86. The molecule has 0 aliphatic heterocycles. The standard InChI is InChI=1S/C28H29NO3/c1-2-18-32-25-14-12-24(13-15-25)29-20-23(11-8-21-6-4-3-5-7-21)26-19-22(9-16-27(26)29)10-17-28(30)31/h3-7,9,12-16,19-20H,2,8,10-11,17-18H2,1H3,(H,30,31). The van der Waals surface area contributed by atoms with E-state index < -0.39 is 5.97 Å². The van der Waals surface area contributed by atoms with Crippen molar-refractivity contribution in [2.75, 3.05) is 6.61 Å². The number of nitrogens with zero attached hydrogens (tertiary/aromatic N) is 1. The quantitative estimate of drug-likeness (QED) is 0.327. The summed E-state index contributed by atoms with van der Waals surface area (Å²) >= 11 is 0. The fourth-order valence-corrected chi connectivity index (χ4v) is 4.01. The Morgan fingerprint density at radius 1 is 0.906 bits per heavy atom. The van der Waals surface area contributed by atoms with Gasteiger partial charge in [-0.1, -0.05) is 43.3 Å². The maximum Gasteiger partial charge on any atom is 0.303 e. The van der Waals surface area contributed by atoms with Crippen LogP contribution in [0.3, 0.4) is 0 Å². The highest BCUT2D eigenvalue weighted by atomic mass is 16.5. The molecule has 0 spiro atoms. The highest BCUT2D eigenvalue weighted by Gasteiger charge is 2.12. The molecule has 4 aromatic rings. The molecule has 0 fully saturated rings. The summed E-state index contributed by atoms with van der Waals surface area (Å²) in [5, 5.41) is 10.3. The van der Waals surface area contributed by atoms with Gasteiger partial charge in [-0.05, 0) is 78.8 Å². The van der Waals surface area contributed by atoms with E-state index in [1.807, 2.05) is 24.3 Å². The maximum absolute atomic E-state index is 11.0. The summed E-state index contributed by atoms with van der Waals surface area (Å²) < 4.78 is 7.95. The number of aromatic nitrogens is 1. The third-order valence-electron chi connectivity index (χ3n) is 5.69. The number of carboxylic acid groups (broad SMARTS) is 1. The zero-order valence-electron chi connectivity index (χ0n) is 18.5. The van der Waals surface area contributed by atoms with Crippen molar-refractivity contribution in [1.29, 1.82) is 0 Å². The van der Waals surface area contributed by atoms with E-state index in [-0.39, 0.29) is 6.42 Å². The lowest BCUT2D eigenvalue weighted by atomic mass is 10.0. The van der Waals surface area contributed by atoms with Crippen LogP contribution in [0, 0.1) is 0 Å². The van der Waals surface area contributed by atoms with Gasteiger partial charge in [0.2, 0.25) is 0 Å². The summed E-state index contributed by atoms with van der Waals surface area (Å²) in [4.78, 5) is 11.0. The number of hydrogen-bond donors (Lipinski definition) is 1. The lowest BCUT2D eigenvalue weighted by molar-refractivity contribution is -0.136. The van der Waals surface area contributed by atoms with Crippen LogP contribution in [0.2, 0.25) is 0 Å². The van der Waals surface area contributed by atoms with Crippen LogP contribution in [0.1, 0.15) is 36.5 Å². The molecule has 4 heteroatoms. The monoisotopic (exact) mass is 427 g/mol. The van der Waals surface area contributed by atoms with E-state index >= 15 is 0 Å². The number of hydrogen-bond acceptors (Lipinski definition) is 2. The van der Waals surface area contributed by atoms with Gasteiger partial charge in [0.05, 0.1) is 12.1 Å². The molecular formula is C28H29NO3. The SMILES string of the molecule is CCCOc1ccc(-n2cc(CCc3ccccc3)c3cc(CCC(=O)O)ccc32)cc1. The number of ether oxygens (including phenoxy) is 1. The van der Waals surface area contributed by atoms with Gasteiger partial charge in [-0.2, -0.15) is 0 Å². The Morgan fingerprint density at radius 2 is 1.69 bits per heavy atom. The van der Waals surface area contributed by atoms with Crippen LogP contribution in [0.25, 0.3) is 16.6 Å². The summed E-state index contributed by atoms with van der Waals surface area (Å²) in [5.74, 6) is 0.115. The molecule has 32 heavy (non-hydrogen) atoms. The first-order valence-corrected chi connectivity index (χ1v) is 11.3. The summed E-state index contributed by atoms with van der Waals surface area (Å²) in [6, 6.07) is 25.0. The van der Waals surface area contributed by atoms with Gasteiger partial charge in [0.15, 0.2) is 0 Å². The Morgan fingerprint density at radius 3 is 2.41 bits per heavy atom. The summed E-state index contributed by atoms with van der Waals surface area (Å²) in [6.45, 7) is 2.82. The van der Waals surface area contributed by atoms with E-state index in [2.05, 4.69) is 66.2 Å². The Hall–Kier alpha value is -3.53. The molecule has 0 saturated heterocycles. The third-order valence-corrected chi connectivity index (χ3v) is 5.69. The average molecular weight is 428 g/mol. The molecule has 4 nitrogen and oxygen atoms in total. The van der Waals surface area contributed by atoms with Crippen molar-refractivity contribution in [3.05, 3.63) is 95.7 Å². The number of rotatable bonds is 10. The second kappa shape index (κ2) is 10.2. The average Bonchev–Trinajstić information content (AvgIpc) is 3.19. The highest BCUT2D eigenvalue weighted by Crippen LogP contribution is 2.28. The molecule has 0 saturated carbocycles. The predicted molar refractivity (Wildman–Crippen MR) is 129 cm³/mol. The van der Waals surface area contributed by atoms with E-state index in [1.54, 1.807) is 0 Å². The van der Waals surface area contributed by atoms with E-state index in [9.17, 15) is 4.79 Å². The van der Waals surface area contributed by atoms with Gasteiger partial charge in [-0.25, -0.2) is 0 Å². The minimum atomic E-state index is -0.766. The van der Waals surface area contributed by atoms with E-state index in [4.69, 9.17) is 9.84 Å². The molecule has 4 rings (SSSR count). The number of aryl methyl sites for hydroxylation is 3. The number of carboxylic acids is 1. The van der Waals surface area contributed by atoms with Gasteiger partial charge in [0.25, 0.3) is 0 Å². The number of fused-ring (bicyclic) bond motifs is 1. The van der Waals surface area contributed by atoms with Crippen molar-refractivity contribution in [3.63, 3.8) is 0 Å². The van der Waals surface area contributed by atoms with Crippen molar-refractivity contribution in [3.8, 4) is 11.4 Å². The molecule has 1 N–H and O–H groups in total. The van der Waals surface area contributed by atoms with Crippen LogP contribution in [0.15, 0.2) is 79.0 Å². The van der Waals surface area contributed by atoms with Crippen molar-refractivity contribution < 1.29 is 14.6 Å². The fourth-order valence-electron chi connectivity index (χ4n) is 4.01. The van der Waals surface area contributed by atoms with Gasteiger partial charge in [-0.3, -0.25) is 4.79 Å². The van der Waals surface area contributed by atoms with Crippen molar-refractivity contribution in [2.45, 2.75) is 39.0 Å². The molecule has 1 heterocycles. The summed E-state index contributed by atoms with van der Waals surface area (Å²) in [7, 11) is 0. The van der Waals surface area contributed by atoms with E-state index in [0.29, 0.717) is 13.0 Å². The molecular weight excluding hydrogens is 398 g/mol.